The van der Waals surface area contributed by atoms with Crippen LogP contribution < -0.4 is 5.32 Å². The molecule has 1 atom stereocenters. The van der Waals surface area contributed by atoms with Gasteiger partial charge in [-0.3, -0.25) is 4.90 Å². The SMILES string of the molecule is c1ccc(-n2cc(CNCC3CN(C4CC4)CCO3)cn2)cc1. The van der Waals surface area contributed by atoms with Crippen LogP contribution in [0.4, 0.5) is 0 Å². The van der Waals surface area contributed by atoms with Gasteiger partial charge in [0.1, 0.15) is 0 Å². The summed E-state index contributed by atoms with van der Waals surface area (Å²) < 4.78 is 7.79. The summed E-state index contributed by atoms with van der Waals surface area (Å²) in [5.74, 6) is 0. The van der Waals surface area contributed by atoms with E-state index >= 15 is 0 Å². The number of nitrogens with zero attached hydrogens (tertiary/aromatic N) is 3. The predicted molar refractivity (Wildman–Crippen MR) is 89.6 cm³/mol. The molecule has 0 amide bonds. The first-order chi connectivity index (χ1) is 11.4. The number of aromatic nitrogens is 2. The lowest BCUT2D eigenvalue weighted by atomic mass is 10.2. The molecule has 23 heavy (non-hydrogen) atoms. The number of para-hydroxylation sites is 1. The number of ether oxygens (including phenoxy) is 1. The molecule has 1 aliphatic heterocycles. The van der Waals surface area contributed by atoms with Crippen LogP contribution in [0.2, 0.25) is 0 Å². The molecule has 1 saturated carbocycles. The molecule has 0 spiro atoms. The highest BCUT2D eigenvalue weighted by atomic mass is 16.5. The molecule has 1 saturated heterocycles. The van der Waals surface area contributed by atoms with E-state index in [0.29, 0.717) is 6.10 Å². The molecule has 122 valence electrons. The maximum Gasteiger partial charge on any atom is 0.0826 e. The lowest BCUT2D eigenvalue weighted by molar-refractivity contribution is -0.0301. The Morgan fingerprint density at radius 1 is 1.22 bits per heavy atom. The summed E-state index contributed by atoms with van der Waals surface area (Å²) in [5, 5.41) is 7.94. The van der Waals surface area contributed by atoms with E-state index in [1.54, 1.807) is 0 Å². The number of hydrogen-bond acceptors (Lipinski definition) is 4. The highest BCUT2D eigenvalue weighted by molar-refractivity contribution is 5.30. The Hall–Kier alpha value is -1.69. The molecule has 2 aromatic rings. The van der Waals surface area contributed by atoms with Crippen molar-refractivity contribution in [2.24, 2.45) is 0 Å². The van der Waals surface area contributed by atoms with E-state index in [2.05, 4.69) is 33.6 Å². The lowest BCUT2D eigenvalue weighted by Gasteiger charge is -2.33. The van der Waals surface area contributed by atoms with Gasteiger partial charge < -0.3 is 10.1 Å². The molecule has 2 fully saturated rings. The van der Waals surface area contributed by atoms with Crippen molar-refractivity contribution in [1.82, 2.24) is 20.0 Å². The summed E-state index contributed by atoms with van der Waals surface area (Å²) >= 11 is 0. The second-order valence-electron chi connectivity index (χ2n) is 6.48. The molecular weight excluding hydrogens is 288 g/mol. The van der Waals surface area contributed by atoms with E-state index in [4.69, 9.17) is 4.74 Å². The van der Waals surface area contributed by atoms with Gasteiger partial charge in [0.25, 0.3) is 0 Å². The third-order valence-electron chi connectivity index (χ3n) is 4.59. The summed E-state index contributed by atoms with van der Waals surface area (Å²) in [5.41, 5.74) is 2.29. The monoisotopic (exact) mass is 312 g/mol. The van der Waals surface area contributed by atoms with E-state index in [9.17, 15) is 0 Å². The molecule has 2 heterocycles. The number of rotatable bonds is 6. The lowest BCUT2D eigenvalue weighted by Crippen LogP contribution is -2.47. The van der Waals surface area contributed by atoms with Crippen LogP contribution in [0.3, 0.4) is 0 Å². The van der Waals surface area contributed by atoms with Gasteiger partial charge in [-0.2, -0.15) is 5.10 Å². The van der Waals surface area contributed by atoms with Gasteiger partial charge in [0.05, 0.1) is 24.6 Å². The Bertz CT molecular complexity index is 623. The van der Waals surface area contributed by atoms with Crippen LogP contribution in [-0.2, 0) is 11.3 Å². The number of hydrogen-bond donors (Lipinski definition) is 1. The van der Waals surface area contributed by atoms with Gasteiger partial charge in [-0.25, -0.2) is 4.68 Å². The average molecular weight is 312 g/mol. The van der Waals surface area contributed by atoms with E-state index in [-0.39, 0.29) is 0 Å². The second-order valence-corrected chi connectivity index (χ2v) is 6.48. The maximum atomic E-state index is 5.87. The Morgan fingerprint density at radius 3 is 2.91 bits per heavy atom. The molecule has 5 heteroatoms. The Morgan fingerprint density at radius 2 is 2.09 bits per heavy atom. The van der Waals surface area contributed by atoms with Gasteiger partial charge in [0.15, 0.2) is 0 Å². The summed E-state index contributed by atoms with van der Waals surface area (Å²) in [6.07, 6.45) is 7.07. The van der Waals surface area contributed by atoms with Crippen molar-refractivity contribution in [3.05, 3.63) is 48.3 Å². The fourth-order valence-electron chi connectivity index (χ4n) is 3.19. The molecule has 5 nitrogen and oxygen atoms in total. The number of morpholine rings is 1. The molecule has 1 aliphatic carbocycles. The third-order valence-corrected chi connectivity index (χ3v) is 4.59. The van der Waals surface area contributed by atoms with Crippen molar-refractivity contribution < 1.29 is 4.74 Å². The number of benzene rings is 1. The molecule has 1 aromatic heterocycles. The number of nitrogens with one attached hydrogen (secondary N) is 1. The van der Waals surface area contributed by atoms with E-state index < -0.39 is 0 Å². The van der Waals surface area contributed by atoms with Crippen molar-refractivity contribution in [2.45, 2.75) is 31.5 Å². The normalized spacial score (nSPS) is 22.3. The van der Waals surface area contributed by atoms with Crippen molar-refractivity contribution in [1.29, 1.82) is 0 Å². The van der Waals surface area contributed by atoms with Crippen molar-refractivity contribution in [2.75, 3.05) is 26.2 Å². The zero-order valence-corrected chi connectivity index (χ0v) is 13.4. The summed E-state index contributed by atoms with van der Waals surface area (Å²) in [7, 11) is 0. The van der Waals surface area contributed by atoms with E-state index in [1.807, 2.05) is 29.1 Å². The first-order valence-corrected chi connectivity index (χ1v) is 8.54. The first-order valence-electron chi connectivity index (χ1n) is 8.54. The summed E-state index contributed by atoms with van der Waals surface area (Å²) in [6.45, 7) is 4.77. The smallest absolute Gasteiger partial charge is 0.0826 e. The van der Waals surface area contributed by atoms with Gasteiger partial charge in [0, 0.05) is 44.0 Å². The highest BCUT2D eigenvalue weighted by Crippen LogP contribution is 2.28. The second kappa shape index (κ2) is 6.83. The maximum absolute atomic E-state index is 5.87. The molecule has 1 unspecified atom stereocenters. The summed E-state index contributed by atoms with van der Waals surface area (Å²) in [4.78, 5) is 2.59. The molecule has 1 aromatic carbocycles. The van der Waals surface area contributed by atoms with Crippen LogP contribution in [0.1, 0.15) is 18.4 Å². The van der Waals surface area contributed by atoms with Gasteiger partial charge in [-0.1, -0.05) is 18.2 Å². The predicted octanol–water partition coefficient (Wildman–Crippen LogP) is 1.83. The van der Waals surface area contributed by atoms with Crippen LogP contribution in [0, 0.1) is 0 Å². The van der Waals surface area contributed by atoms with Gasteiger partial charge in [-0.15, -0.1) is 0 Å². The highest BCUT2D eigenvalue weighted by Gasteiger charge is 2.32. The van der Waals surface area contributed by atoms with Crippen molar-refractivity contribution in [3.8, 4) is 5.69 Å². The average Bonchev–Trinajstić information content (AvgIpc) is 3.35. The molecule has 2 aliphatic rings. The van der Waals surface area contributed by atoms with Crippen molar-refractivity contribution in [3.63, 3.8) is 0 Å². The van der Waals surface area contributed by atoms with Gasteiger partial charge in [0.2, 0.25) is 0 Å². The summed E-state index contributed by atoms with van der Waals surface area (Å²) in [6, 6.07) is 11.0. The minimum absolute atomic E-state index is 0.313. The largest absolute Gasteiger partial charge is 0.374 e. The molecule has 4 rings (SSSR count). The zero-order valence-electron chi connectivity index (χ0n) is 13.4. The Kier molecular flexibility index (Phi) is 4.41. The minimum atomic E-state index is 0.313. The fraction of sp³-hybridized carbons (Fsp3) is 0.500. The first kappa shape index (κ1) is 14.9. The van der Waals surface area contributed by atoms with Crippen LogP contribution in [0.25, 0.3) is 5.69 Å². The fourth-order valence-corrected chi connectivity index (χ4v) is 3.19. The Balaban J connectivity index is 1.26. The Labute approximate surface area is 137 Å². The molecule has 0 radical (unpaired) electrons. The quantitative estimate of drug-likeness (QED) is 0.883. The minimum Gasteiger partial charge on any atom is -0.374 e. The molecule has 0 bridgehead atoms. The topological polar surface area (TPSA) is 42.3 Å². The zero-order chi connectivity index (χ0) is 15.5. The van der Waals surface area contributed by atoms with E-state index in [1.165, 1.54) is 18.4 Å². The van der Waals surface area contributed by atoms with Crippen molar-refractivity contribution >= 4 is 0 Å². The van der Waals surface area contributed by atoms with Crippen LogP contribution in [0.15, 0.2) is 42.7 Å². The molecular formula is C18H24N4O. The standard InChI is InChI=1S/C18H24N4O/c1-2-4-17(5-3-1)22-13-15(11-20-22)10-19-12-18-14-21(8-9-23-18)16-6-7-16/h1-5,11,13,16,18-19H,6-10,12,14H2. The van der Waals surface area contributed by atoms with Gasteiger partial charge in [-0.05, 0) is 25.0 Å². The van der Waals surface area contributed by atoms with Crippen LogP contribution >= 0.6 is 0 Å². The van der Waals surface area contributed by atoms with Crippen LogP contribution in [-0.4, -0.2) is 53.1 Å². The van der Waals surface area contributed by atoms with Crippen LogP contribution in [0.5, 0.6) is 0 Å². The van der Waals surface area contributed by atoms with Gasteiger partial charge >= 0.3 is 0 Å². The molecule has 1 N–H and O–H groups in total. The third kappa shape index (κ3) is 3.80. The van der Waals surface area contributed by atoms with E-state index in [0.717, 1.165) is 44.5 Å².